The van der Waals surface area contributed by atoms with E-state index < -0.39 is 11.4 Å². The number of piperazine rings is 1. The standard InChI is InChI=1S/C32H37FN8O4/c1-32(2,3)45-31(43)41-18-23-15-24(41)17-40(23)10-5-11-44-25-8-9-26-27(16-25)34-19-35-30(26)37-28-13-22(38-39-28)14-29(42)36-21-7-4-6-20(33)12-21/h4,6-9,12-13,16,19,23-24H,5,10-11,14-15,17-18H2,1-3H3,(H,36,42)(H2,34,35,37,38,39). The molecule has 2 amide bonds. The van der Waals surface area contributed by atoms with Gasteiger partial charge in [0.1, 0.15) is 29.3 Å². The van der Waals surface area contributed by atoms with Crippen molar-refractivity contribution in [3.63, 3.8) is 0 Å². The van der Waals surface area contributed by atoms with Gasteiger partial charge in [-0.1, -0.05) is 6.07 Å². The monoisotopic (exact) mass is 616 g/mol. The van der Waals surface area contributed by atoms with Crippen molar-refractivity contribution >= 4 is 40.2 Å². The molecule has 3 N–H and O–H groups in total. The van der Waals surface area contributed by atoms with Crippen LogP contribution in [0.2, 0.25) is 0 Å². The number of aromatic amines is 1. The van der Waals surface area contributed by atoms with Crippen LogP contribution in [0, 0.1) is 5.82 Å². The molecule has 2 aliphatic rings. The normalized spacial score (nSPS) is 17.9. The molecule has 2 aliphatic heterocycles. The van der Waals surface area contributed by atoms with Crippen LogP contribution >= 0.6 is 0 Å². The molecule has 13 heteroatoms. The maximum absolute atomic E-state index is 13.4. The topological polar surface area (TPSA) is 138 Å². The zero-order valence-electron chi connectivity index (χ0n) is 25.5. The molecule has 2 aromatic carbocycles. The summed E-state index contributed by atoms with van der Waals surface area (Å²) in [5.74, 6) is 1.06. The molecule has 0 aliphatic carbocycles. The highest BCUT2D eigenvalue weighted by Crippen LogP contribution is 2.32. The first-order valence-electron chi connectivity index (χ1n) is 15.1. The number of anilines is 3. The van der Waals surface area contributed by atoms with Gasteiger partial charge >= 0.3 is 6.09 Å². The van der Waals surface area contributed by atoms with Crippen LogP contribution in [0.1, 0.15) is 39.3 Å². The van der Waals surface area contributed by atoms with E-state index in [-0.39, 0.29) is 24.5 Å². The molecule has 236 valence electrons. The van der Waals surface area contributed by atoms with Crippen LogP contribution in [0.4, 0.5) is 26.5 Å². The Kier molecular flexibility index (Phi) is 8.52. The average Bonchev–Trinajstić information content (AvgIpc) is 3.71. The second-order valence-corrected chi connectivity index (χ2v) is 12.4. The highest BCUT2D eigenvalue weighted by atomic mass is 19.1. The number of hydrogen-bond acceptors (Lipinski definition) is 9. The number of carbonyl (C=O) groups is 2. The quantitative estimate of drug-likeness (QED) is 0.213. The van der Waals surface area contributed by atoms with E-state index in [4.69, 9.17) is 9.47 Å². The fraction of sp³-hybridized carbons (Fsp3) is 0.406. The van der Waals surface area contributed by atoms with Crippen molar-refractivity contribution in [2.45, 2.75) is 57.7 Å². The van der Waals surface area contributed by atoms with E-state index in [9.17, 15) is 14.0 Å². The summed E-state index contributed by atoms with van der Waals surface area (Å²) in [7, 11) is 0. The number of benzene rings is 2. The minimum Gasteiger partial charge on any atom is -0.493 e. The van der Waals surface area contributed by atoms with Crippen LogP contribution in [0.25, 0.3) is 10.9 Å². The van der Waals surface area contributed by atoms with Crippen LogP contribution in [0.3, 0.4) is 0 Å². The fourth-order valence-corrected chi connectivity index (χ4v) is 5.83. The molecule has 4 heterocycles. The third-order valence-corrected chi connectivity index (χ3v) is 7.79. The predicted molar refractivity (Wildman–Crippen MR) is 167 cm³/mol. The molecule has 2 bridgehead atoms. The van der Waals surface area contributed by atoms with Crippen LogP contribution < -0.4 is 15.4 Å². The van der Waals surface area contributed by atoms with E-state index in [0.717, 1.165) is 37.1 Å². The van der Waals surface area contributed by atoms with Gasteiger partial charge in [0, 0.05) is 60.6 Å². The summed E-state index contributed by atoms with van der Waals surface area (Å²) >= 11 is 0. The molecule has 2 fully saturated rings. The molecule has 2 saturated heterocycles. The Balaban J connectivity index is 0.974. The number of carbonyl (C=O) groups excluding carboxylic acids is 2. The molecule has 45 heavy (non-hydrogen) atoms. The van der Waals surface area contributed by atoms with E-state index in [1.54, 1.807) is 12.1 Å². The van der Waals surface area contributed by atoms with E-state index in [2.05, 4.69) is 35.7 Å². The van der Waals surface area contributed by atoms with Crippen LogP contribution in [0.5, 0.6) is 5.75 Å². The van der Waals surface area contributed by atoms with Gasteiger partial charge in [-0.3, -0.25) is 14.8 Å². The van der Waals surface area contributed by atoms with Gasteiger partial charge in [0.2, 0.25) is 5.91 Å². The molecule has 0 spiro atoms. The molecule has 4 aromatic rings. The van der Waals surface area contributed by atoms with Crippen molar-refractivity contribution in [3.05, 3.63) is 66.4 Å². The molecule has 12 nitrogen and oxygen atoms in total. The summed E-state index contributed by atoms with van der Waals surface area (Å²) in [6.07, 6.45) is 3.16. The first kappa shape index (κ1) is 30.3. The Hall–Kier alpha value is -4.78. The number of hydrogen-bond donors (Lipinski definition) is 3. The van der Waals surface area contributed by atoms with Gasteiger partial charge in [0.05, 0.1) is 18.5 Å². The summed E-state index contributed by atoms with van der Waals surface area (Å²) in [4.78, 5) is 38.0. The maximum atomic E-state index is 13.4. The number of rotatable bonds is 10. The number of H-pyrrole nitrogens is 1. The van der Waals surface area contributed by atoms with Crippen LogP contribution in [0.15, 0.2) is 54.9 Å². The number of fused-ring (bicyclic) bond motifs is 3. The molecular formula is C32H37FN8O4. The van der Waals surface area contributed by atoms with E-state index in [0.29, 0.717) is 47.7 Å². The van der Waals surface area contributed by atoms with Crippen LogP contribution in [-0.4, -0.2) is 85.9 Å². The number of aromatic nitrogens is 4. The van der Waals surface area contributed by atoms with Gasteiger partial charge in [-0.05, 0) is 63.9 Å². The van der Waals surface area contributed by atoms with E-state index in [1.165, 1.54) is 24.5 Å². The summed E-state index contributed by atoms with van der Waals surface area (Å²) in [6, 6.07) is 13.7. The average molecular weight is 617 g/mol. The number of halogens is 1. The minimum atomic E-state index is -0.485. The van der Waals surface area contributed by atoms with Gasteiger partial charge < -0.3 is 25.0 Å². The van der Waals surface area contributed by atoms with Crippen molar-refractivity contribution in [1.29, 1.82) is 0 Å². The van der Waals surface area contributed by atoms with Gasteiger partial charge in [0.15, 0.2) is 5.82 Å². The minimum absolute atomic E-state index is 0.0416. The number of nitrogens with one attached hydrogen (secondary N) is 3. The lowest BCUT2D eigenvalue weighted by atomic mass is 10.2. The van der Waals surface area contributed by atoms with Gasteiger partial charge in [-0.15, -0.1) is 0 Å². The van der Waals surface area contributed by atoms with E-state index >= 15 is 0 Å². The third kappa shape index (κ3) is 7.48. The lowest BCUT2D eigenvalue weighted by Gasteiger charge is -2.35. The summed E-state index contributed by atoms with van der Waals surface area (Å²) in [6.45, 7) is 8.74. The summed E-state index contributed by atoms with van der Waals surface area (Å²) in [5.41, 5.74) is 1.21. The van der Waals surface area contributed by atoms with Crippen molar-refractivity contribution in [2.75, 3.05) is 36.9 Å². The predicted octanol–water partition coefficient (Wildman–Crippen LogP) is 4.88. The molecule has 2 atom stereocenters. The van der Waals surface area contributed by atoms with Crippen molar-refractivity contribution in [3.8, 4) is 5.75 Å². The number of amides is 2. The largest absolute Gasteiger partial charge is 0.493 e. The van der Waals surface area contributed by atoms with Crippen molar-refractivity contribution in [2.24, 2.45) is 0 Å². The zero-order valence-corrected chi connectivity index (χ0v) is 25.5. The van der Waals surface area contributed by atoms with Gasteiger partial charge in [0.25, 0.3) is 0 Å². The number of nitrogens with zero attached hydrogens (tertiary/aromatic N) is 5. The first-order valence-corrected chi connectivity index (χ1v) is 15.1. The Morgan fingerprint density at radius 1 is 1.09 bits per heavy atom. The Bertz CT molecular complexity index is 1690. The van der Waals surface area contributed by atoms with E-state index in [1.807, 2.05) is 43.9 Å². The zero-order chi connectivity index (χ0) is 31.6. The third-order valence-electron chi connectivity index (χ3n) is 7.79. The maximum Gasteiger partial charge on any atom is 0.410 e. The summed E-state index contributed by atoms with van der Waals surface area (Å²) in [5, 5.41) is 13.7. The number of likely N-dealkylation sites (tertiary alicyclic amines) is 2. The SMILES string of the molecule is CC(C)(C)OC(=O)N1CC2CC1CN2CCCOc1ccc2c(Nc3cc(CC(=O)Nc4cccc(F)c4)[nH]n3)ncnc2c1. The van der Waals surface area contributed by atoms with Gasteiger partial charge in [-0.2, -0.15) is 5.10 Å². The second kappa shape index (κ2) is 12.7. The second-order valence-electron chi connectivity index (χ2n) is 12.4. The van der Waals surface area contributed by atoms with Gasteiger partial charge in [-0.25, -0.2) is 19.2 Å². The lowest BCUT2D eigenvalue weighted by Crippen LogP contribution is -2.50. The molecule has 2 aromatic heterocycles. The van der Waals surface area contributed by atoms with Crippen LogP contribution in [-0.2, 0) is 16.0 Å². The molecule has 0 saturated carbocycles. The Labute approximate surface area is 260 Å². The van der Waals surface area contributed by atoms with Crippen molar-refractivity contribution < 1.29 is 23.5 Å². The molecule has 6 rings (SSSR count). The molecule has 0 radical (unpaired) electrons. The molecule has 2 unspecified atom stereocenters. The lowest BCUT2D eigenvalue weighted by molar-refractivity contribution is -0.115. The fourth-order valence-electron chi connectivity index (χ4n) is 5.83. The Morgan fingerprint density at radius 3 is 2.73 bits per heavy atom. The molecular weight excluding hydrogens is 579 g/mol. The smallest absolute Gasteiger partial charge is 0.410 e. The first-order chi connectivity index (χ1) is 21.6. The highest BCUT2D eigenvalue weighted by molar-refractivity contribution is 5.93. The van der Waals surface area contributed by atoms with Crippen molar-refractivity contribution in [1.82, 2.24) is 30.0 Å². The Morgan fingerprint density at radius 2 is 1.96 bits per heavy atom. The summed E-state index contributed by atoms with van der Waals surface area (Å²) < 4.78 is 25.0. The number of ether oxygens (including phenoxy) is 2. The highest BCUT2D eigenvalue weighted by Gasteiger charge is 2.46.